The van der Waals surface area contributed by atoms with E-state index in [0.29, 0.717) is 30.5 Å². The summed E-state index contributed by atoms with van der Waals surface area (Å²) >= 11 is 0. The number of ketones is 1. The SMILES string of the molecule is CC(=O)Nc1ccc(C(=O)CCCCC(=O)O)cc1. The Morgan fingerprint density at radius 2 is 1.63 bits per heavy atom. The van der Waals surface area contributed by atoms with Crippen molar-refractivity contribution in [2.24, 2.45) is 0 Å². The Hall–Kier alpha value is -2.17. The van der Waals surface area contributed by atoms with Crippen LogP contribution in [0.5, 0.6) is 0 Å². The number of unbranched alkanes of at least 4 members (excludes halogenated alkanes) is 1. The molecule has 19 heavy (non-hydrogen) atoms. The van der Waals surface area contributed by atoms with Crippen molar-refractivity contribution in [3.63, 3.8) is 0 Å². The summed E-state index contributed by atoms with van der Waals surface area (Å²) in [5.41, 5.74) is 1.22. The quantitative estimate of drug-likeness (QED) is 0.584. The minimum atomic E-state index is -0.841. The first-order valence-corrected chi connectivity index (χ1v) is 6.11. The predicted molar refractivity (Wildman–Crippen MR) is 71.2 cm³/mol. The number of rotatable bonds is 7. The summed E-state index contributed by atoms with van der Waals surface area (Å²) in [6.45, 7) is 1.42. The Kier molecular flexibility index (Phi) is 5.73. The number of carbonyl (C=O) groups excluding carboxylic acids is 2. The van der Waals surface area contributed by atoms with E-state index < -0.39 is 5.97 Å². The molecule has 1 aromatic rings. The van der Waals surface area contributed by atoms with Crippen LogP contribution in [0.25, 0.3) is 0 Å². The van der Waals surface area contributed by atoms with E-state index in [4.69, 9.17) is 5.11 Å². The Labute approximate surface area is 111 Å². The lowest BCUT2D eigenvalue weighted by Crippen LogP contribution is -2.06. The fourth-order valence-electron chi connectivity index (χ4n) is 1.65. The highest BCUT2D eigenvalue weighted by molar-refractivity contribution is 5.97. The van der Waals surface area contributed by atoms with Gasteiger partial charge in [-0.3, -0.25) is 14.4 Å². The van der Waals surface area contributed by atoms with Crippen LogP contribution in [0.3, 0.4) is 0 Å². The number of hydrogen-bond donors (Lipinski definition) is 2. The molecule has 0 saturated carbocycles. The van der Waals surface area contributed by atoms with Crippen LogP contribution in [-0.2, 0) is 9.59 Å². The van der Waals surface area contributed by atoms with Crippen LogP contribution < -0.4 is 5.32 Å². The van der Waals surface area contributed by atoms with Crippen molar-refractivity contribution in [3.8, 4) is 0 Å². The first kappa shape index (κ1) is 14.9. The molecule has 0 atom stereocenters. The van der Waals surface area contributed by atoms with Gasteiger partial charge in [0.15, 0.2) is 5.78 Å². The number of amides is 1. The van der Waals surface area contributed by atoms with Crippen molar-refractivity contribution in [1.82, 2.24) is 0 Å². The fourth-order valence-corrected chi connectivity index (χ4v) is 1.65. The zero-order valence-electron chi connectivity index (χ0n) is 10.8. The molecule has 0 bridgehead atoms. The van der Waals surface area contributed by atoms with E-state index in [-0.39, 0.29) is 18.1 Å². The van der Waals surface area contributed by atoms with Crippen molar-refractivity contribution in [3.05, 3.63) is 29.8 Å². The fraction of sp³-hybridized carbons (Fsp3) is 0.357. The summed E-state index contributed by atoms with van der Waals surface area (Å²) in [5, 5.41) is 11.1. The number of hydrogen-bond acceptors (Lipinski definition) is 3. The smallest absolute Gasteiger partial charge is 0.303 e. The van der Waals surface area contributed by atoms with E-state index in [9.17, 15) is 14.4 Å². The molecule has 0 unspecified atom stereocenters. The van der Waals surface area contributed by atoms with E-state index in [1.54, 1.807) is 24.3 Å². The third-order valence-electron chi connectivity index (χ3n) is 2.57. The highest BCUT2D eigenvalue weighted by Gasteiger charge is 2.06. The summed E-state index contributed by atoms with van der Waals surface area (Å²) in [7, 11) is 0. The van der Waals surface area contributed by atoms with Crippen LogP contribution >= 0.6 is 0 Å². The van der Waals surface area contributed by atoms with Crippen LogP contribution in [0.2, 0.25) is 0 Å². The molecule has 0 aliphatic rings. The highest BCUT2D eigenvalue weighted by Crippen LogP contribution is 2.13. The first-order valence-electron chi connectivity index (χ1n) is 6.11. The molecule has 1 rings (SSSR count). The van der Waals surface area contributed by atoms with Gasteiger partial charge in [-0.1, -0.05) is 0 Å². The van der Waals surface area contributed by atoms with Gasteiger partial charge in [0.05, 0.1) is 0 Å². The van der Waals surface area contributed by atoms with Gasteiger partial charge in [-0.05, 0) is 37.1 Å². The summed E-state index contributed by atoms with van der Waals surface area (Å²) in [4.78, 5) is 32.9. The van der Waals surface area contributed by atoms with Crippen LogP contribution in [-0.4, -0.2) is 22.8 Å². The van der Waals surface area contributed by atoms with Gasteiger partial charge in [0.25, 0.3) is 0 Å². The molecule has 0 saturated heterocycles. The number of anilines is 1. The van der Waals surface area contributed by atoms with E-state index >= 15 is 0 Å². The molecule has 0 fully saturated rings. The van der Waals surface area contributed by atoms with Gasteiger partial charge in [0, 0.05) is 31.0 Å². The Bertz CT molecular complexity index is 465. The molecule has 102 valence electrons. The highest BCUT2D eigenvalue weighted by atomic mass is 16.4. The minimum absolute atomic E-state index is 0.0141. The molecular weight excluding hydrogens is 246 g/mol. The molecule has 0 aliphatic carbocycles. The standard InChI is InChI=1S/C14H17NO4/c1-10(16)15-12-8-6-11(7-9-12)13(17)4-2-3-5-14(18)19/h6-9H,2-5H2,1H3,(H,15,16)(H,18,19). The van der Waals surface area contributed by atoms with Gasteiger partial charge in [0.1, 0.15) is 0 Å². The Morgan fingerprint density at radius 1 is 1.05 bits per heavy atom. The third-order valence-corrected chi connectivity index (χ3v) is 2.57. The lowest BCUT2D eigenvalue weighted by molar-refractivity contribution is -0.137. The maximum atomic E-state index is 11.8. The summed E-state index contributed by atoms with van der Waals surface area (Å²) in [6.07, 6.45) is 1.51. The molecule has 5 nitrogen and oxygen atoms in total. The van der Waals surface area contributed by atoms with Crippen molar-refractivity contribution in [1.29, 1.82) is 0 Å². The van der Waals surface area contributed by atoms with Gasteiger partial charge < -0.3 is 10.4 Å². The molecule has 0 aliphatic heterocycles. The predicted octanol–water partition coefficient (Wildman–Crippen LogP) is 2.47. The maximum Gasteiger partial charge on any atom is 0.303 e. The molecule has 0 heterocycles. The molecule has 5 heteroatoms. The zero-order chi connectivity index (χ0) is 14.3. The topological polar surface area (TPSA) is 83.5 Å². The van der Waals surface area contributed by atoms with E-state index in [2.05, 4.69) is 5.32 Å². The Morgan fingerprint density at radius 3 is 2.16 bits per heavy atom. The summed E-state index contributed by atoms with van der Waals surface area (Å²) in [5.74, 6) is -1.01. The number of carboxylic acids is 1. The molecule has 1 amide bonds. The van der Waals surface area contributed by atoms with Gasteiger partial charge in [-0.15, -0.1) is 0 Å². The van der Waals surface area contributed by atoms with Crippen LogP contribution in [0, 0.1) is 0 Å². The number of Topliss-reactive ketones (excluding diaryl/α,β-unsaturated/α-hetero) is 1. The second-order valence-corrected chi connectivity index (χ2v) is 4.28. The molecule has 0 radical (unpaired) electrons. The zero-order valence-corrected chi connectivity index (χ0v) is 10.8. The Balaban J connectivity index is 2.44. The van der Waals surface area contributed by atoms with E-state index in [0.717, 1.165) is 0 Å². The van der Waals surface area contributed by atoms with E-state index in [1.807, 2.05) is 0 Å². The largest absolute Gasteiger partial charge is 0.481 e. The van der Waals surface area contributed by atoms with Crippen molar-refractivity contribution < 1.29 is 19.5 Å². The second-order valence-electron chi connectivity index (χ2n) is 4.28. The number of benzene rings is 1. The number of carbonyl (C=O) groups is 3. The monoisotopic (exact) mass is 263 g/mol. The maximum absolute atomic E-state index is 11.8. The lowest BCUT2D eigenvalue weighted by atomic mass is 10.0. The van der Waals surface area contributed by atoms with Crippen LogP contribution in [0.15, 0.2) is 24.3 Å². The van der Waals surface area contributed by atoms with E-state index in [1.165, 1.54) is 6.92 Å². The van der Waals surface area contributed by atoms with Gasteiger partial charge in [-0.2, -0.15) is 0 Å². The van der Waals surface area contributed by atoms with Gasteiger partial charge in [0.2, 0.25) is 5.91 Å². The molecule has 0 aromatic heterocycles. The third kappa shape index (κ3) is 5.81. The van der Waals surface area contributed by atoms with Crippen molar-refractivity contribution in [2.75, 3.05) is 5.32 Å². The first-order chi connectivity index (χ1) is 8.99. The molecule has 2 N–H and O–H groups in total. The van der Waals surface area contributed by atoms with Crippen molar-refractivity contribution >= 4 is 23.3 Å². The second kappa shape index (κ2) is 7.31. The number of carboxylic acid groups (broad SMARTS) is 1. The van der Waals surface area contributed by atoms with Crippen LogP contribution in [0.1, 0.15) is 43.0 Å². The van der Waals surface area contributed by atoms with Crippen LogP contribution in [0.4, 0.5) is 5.69 Å². The molecular formula is C14H17NO4. The summed E-state index contributed by atoms with van der Waals surface area (Å²) < 4.78 is 0. The average Bonchev–Trinajstić information content (AvgIpc) is 2.34. The van der Waals surface area contributed by atoms with Crippen molar-refractivity contribution in [2.45, 2.75) is 32.6 Å². The lowest BCUT2D eigenvalue weighted by Gasteiger charge is -2.04. The molecule has 1 aromatic carbocycles. The van der Waals surface area contributed by atoms with Gasteiger partial charge in [-0.25, -0.2) is 0 Å². The number of aliphatic carboxylic acids is 1. The average molecular weight is 263 g/mol. The minimum Gasteiger partial charge on any atom is -0.481 e. The normalized spacial score (nSPS) is 9.95. The molecule has 0 spiro atoms. The number of nitrogens with one attached hydrogen (secondary N) is 1. The summed E-state index contributed by atoms with van der Waals surface area (Å²) in [6, 6.07) is 6.66. The van der Waals surface area contributed by atoms with Gasteiger partial charge >= 0.3 is 5.97 Å².